The van der Waals surface area contributed by atoms with Crippen LogP contribution in [0.4, 0.5) is 5.82 Å². The van der Waals surface area contributed by atoms with Crippen LogP contribution in [0.5, 0.6) is 0 Å². The minimum atomic E-state index is -0.528. The zero-order valence-electron chi connectivity index (χ0n) is 20.5. The van der Waals surface area contributed by atoms with Crippen LogP contribution in [0.2, 0.25) is 0 Å². The molecule has 0 fully saturated rings. The lowest BCUT2D eigenvalue weighted by atomic mass is 10.0. The molecule has 10 heteroatoms. The van der Waals surface area contributed by atoms with Crippen molar-refractivity contribution in [3.63, 3.8) is 0 Å². The van der Waals surface area contributed by atoms with Crippen LogP contribution in [-0.2, 0) is 7.05 Å². The number of carbonyl (C=O) groups is 1. The van der Waals surface area contributed by atoms with E-state index < -0.39 is 5.91 Å². The number of nitrogens with zero attached hydrogens (tertiary/aromatic N) is 7. The average molecular weight is 517 g/mol. The topological polar surface area (TPSA) is 116 Å². The number of aryl methyl sites for hydroxylation is 1. The van der Waals surface area contributed by atoms with Gasteiger partial charge in [-0.2, -0.15) is 10.2 Å². The molecule has 0 atom stereocenters. The zero-order valence-corrected chi connectivity index (χ0v) is 21.3. The first kappa shape index (κ1) is 23.3. The van der Waals surface area contributed by atoms with Gasteiger partial charge in [-0.05, 0) is 25.1 Å². The highest BCUT2D eigenvalue weighted by molar-refractivity contribution is 7.17. The summed E-state index contributed by atoms with van der Waals surface area (Å²) in [5.74, 6) is 5.94. The summed E-state index contributed by atoms with van der Waals surface area (Å²) >= 11 is 1.54. The van der Waals surface area contributed by atoms with Gasteiger partial charge in [0.15, 0.2) is 17.2 Å². The Balaban J connectivity index is 1.47. The van der Waals surface area contributed by atoms with Crippen LogP contribution in [0.1, 0.15) is 34.1 Å². The molecule has 0 bridgehead atoms. The van der Waals surface area contributed by atoms with Crippen LogP contribution in [-0.4, -0.2) is 41.0 Å². The van der Waals surface area contributed by atoms with E-state index in [9.17, 15) is 4.79 Å². The molecule has 5 heterocycles. The predicted octanol–water partition coefficient (Wildman–Crippen LogP) is 4.37. The fourth-order valence-corrected chi connectivity index (χ4v) is 5.00. The van der Waals surface area contributed by atoms with Crippen LogP contribution in [0, 0.1) is 11.8 Å². The second-order valence-corrected chi connectivity index (χ2v) is 9.45. The van der Waals surface area contributed by atoms with Crippen LogP contribution < -0.4 is 5.73 Å². The summed E-state index contributed by atoms with van der Waals surface area (Å²) in [6, 6.07) is 15.3. The van der Waals surface area contributed by atoms with E-state index >= 15 is 0 Å². The molecule has 184 valence electrons. The molecule has 2 N–H and O–H groups in total. The third-order valence-electron chi connectivity index (χ3n) is 5.92. The number of hydrogen-bond donors (Lipinski definition) is 1. The van der Waals surface area contributed by atoms with Gasteiger partial charge in [-0.15, -0.1) is 11.3 Å². The van der Waals surface area contributed by atoms with Crippen molar-refractivity contribution in [1.82, 2.24) is 29.4 Å². The molecule has 0 radical (unpaired) electrons. The Kier molecular flexibility index (Phi) is 5.75. The second-order valence-electron chi connectivity index (χ2n) is 8.54. The Labute approximate surface area is 221 Å². The standard InChI is InChI=1S/C28H20N8OS/c1-17(32-28(37)26-27(29)33-23-9-6-12-30-36(23)26)21-13-22-25(34-24(21)19-7-4-3-5-8-19)20(16-38-22)11-10-18-14-31-35(2)15-18/h3-9,12-16H,29H2,1-2H3. The third kappa shape index (κ3) is 4.21. The average Bonchev–Trinajstić information content (AvgIpc) is 3.62. The SMILES string of the molecule is CC(=NC(=O)c1c(N)nc2cccnn12)c1cc2scc(C#Cc3cnn(C)c3)c2nc1-c1ccccc1. The largest absolute Gasteiger partial charge is 0.382 e. The molecule has 0 saturated heterocycles. The van der Waals surface area contributed by atoms with Crippen LogP contribution in [0.25, 0.3) is 27.1 Å². The Morgan fingerprint density at radius 1 is 1.08 bits per heavy atom. The van der Waals surface area contributed by atoms with Gasteiger partial charge in [-0.3, -0.25) is 9.48 Å². The highest BCUT2D eigenvalue weighted by Crippen LogP contribution is 2.31. The van der Waals surface area contributed by atoms with Gasteiger partial charge in [0, 0.05) is 35.9 Å². The Morgan fingerprint density at radius 2 is 1.92 bits per heavy atom. The van der Waals surface area contributed by atoms with E-state index in [0.29, 0.717) is 17.1 Å². The number of pyridine rings is 1. The molecule has 0 aliphatic rings. The van der Waals surface area contributed by atoms with Crippen LogP contribution in [0.3, 0.4) is 0 Å². The maximum absolute atomic E-state index is 13.3. The van der Waals surface area contributed by atoms with Gasteiger partial charge in [-0.1, -0.05) is 42.2 Å². The van der Waals surface area contributed by atoms with Crippen LogP contribution in [0.15, 0.2) is 77.5 Å². The second kappa shape index (κ2) is 9.38. The molecule has 9 nitrogen and oxygen atoms in total. The maximum Gasteiger partial charge on any atom is 0.299 e. The van der Waals surface area contributed by atoms with Gasteiger partial charge in [0.1, 0.15) is 0 Å². The molecule has 0 unspecified atom stereocenters. The van der Waals surface area contributed by atoms with E-state index in [1.165, 1.54) is 4.52 Å². The van der Waals surface area contributed by atoms with E-state index in [1.54, 1.807) is 47.5 Å². The van der Waals surface area contributed by atoms with Crippen molar-refractivity contribution in [3.8, 4) is 23.1 Å². The Bertz CT molecular complexity index is 1940. The summed E-state index contributed by atoms with van der Waals surface area (Å²) in [5, 5.41) is 10.4. The van der Waals surface area contributed by atoms with E-state index in [1.807, 2.05) is 55.0 Å². The molecule has 1 amide bonds. The first-order chi connectivity index (χ1) is 18.5. The molecule has 5 aromatic heterocycles. The molecule has 0 aliphatic heterocycles. The first-order valence-corrected chi connectivity index (χ1v) is 12.5. The number of aromatic nitrogens is 6. The first-order valence-electron chi connectivity index (χ1n) is 11.7. The van der Waals surface area contributed by atoms with Gasteiger partial charge in [0.05, 0.1) is 38.9 Å². The number of nitrogens with two attached hydrogens (primary N) is 1. The summed E-state index contributed by atoms with van der Waals surface area (Å²) < 4.78 is 4.06. The normalized spacial score (nSPS) is 11.6. The molecular formula is C28H20N8OS. The third-order valence-corrected chi connectivity index (χ3v) is 6.84. The summed E-state index contributed by atoms with van der Waals surface area (Å²) in [6.45, 7) is 1.79. The van der Waals surface area contributed by atoms with Gasteiger partial charge in [-0.25, -0.2) is 19.5 Å². The molecule has 0 spiro atoms. The number of carbonyl (C=O) groups excluding carboxylic acids is 1. The van der Waals surface area contributed by atoms with Crippen LogP contribution >= 0.6 is 11.3 Å². The number of fused-ring (bicyclic) bond motifs is 2. The quantitative estimate of drug-likeness (QED) is 0.276. The number of anilines is 1. The highest BCUT2D eigenvalue weighted by Gasteiger charge is 2.20. The summed E-state index contributed by atoms with van der Waals surface area (Å²) in [4.78, 5) is 26.9. The van der Waals surface area contributed by atoms with Crippen molar-refractivity contribution in [3.05, 3.63) is 94.9 Å². The molecule has 0 saturated carbocycles. The van der Waals surface area contributed by atoms with Gasteiger partial charge < -0.3 is 5.73 Å². The lowest BCUT2D eigenvalue weighted by molar-refractivity contribution is 0.0997. The number of aliphatic imine (C=N–C) groups is 1. The summed E-state index contributed by atoms with van der Waals surface area (Å²) in [7, 11) is 1.86. The van der Waals surface area contributed by atoms with Crippen molar-refractivity contribution in [2.45, 2.75) is 6.92 Å². The predicted molar refractivity (Wildman–Crippen MR) is 148 cm³/mol. The van der Waals surface area contributed by atoms with Gasteiger partial charge in [0.25, 0.3) is 5.91 Å². The minimum Gasteiger partial charge on any atom is -0.382 e. The fourth-order valence-electron chi connectivity index (χ4n) is 4.13. The molecule has 38 heavy (non-hydrogen) atoms. The van der Waals surface area contributed by atoms with Crippen molar-refractivity contribution in [2.24, 2.45) is 12.0 Å². The minimum absolute atomic E-state index is 0.0807. The maximum atomic E-state index is 13.3. The number of rotatable bonds is 3. The smallest absolute Gasteiger partial charge is 0.299 e. The number of benzene rings is 1. The van der Waals surface area contributed by atoms with Crippen molar-refractivity contribution in [2.75, 3.05) is 5.73 Å². The van der Waals surface area contributed by atoms with E-state index in [0.717, 1.165) is 32.5 Å². The Hall–Kier alpha value is -5.14. The monoisotopic (exact) mass is 516 g/mol. The lowest BCUT2D eigenvalue weighted by Crippen LogP contribution is -2.10. The number of nitrogen functional groups attached to an aromatic ring is 1. The molecule has 0 aliphatic carbocycles. The van der Waals surface area contributed by atoms with Crippen molar-refractivity contribution in [1.29, 1.82) is 0 Å². The van der Waals surface area contributed by atoms with E-state index in [-0.39, 0.29) is 11.5 Å². The number of hydrogen-bond acceptors (Lipinski definition) is 7. The summed E-state index contributed by atoms with van der Waals surface area (Å²) in [6.07, 6.45) is 5.16. The molecule has 6 rings (SSSR count). The number of amides is 1. The van der Waals surface area contributed by atoms with Gasteiger partial charge >= 0.3 is 0 Å². The van der Waals surface area contributed by atoms with Gasteiger partial charge in [0.2, 0.25) is 0 Å². The number of imidazole rings is 1. The Morgan fingerprint density at radius 3 is 2.71 bits per heavy atom. The van der Waals surface area contributed by atoms with Crippen molar-refractivity contribution >= 4 is 44.6 Å². The van der Waals surface area contributed by atoms with E-state index in [2.05, 4.69) is 32.0 Å². The van der Waals surface area contributed by atoms with E-state index in [4.69, 9.17) is 10.7 Å². The summed E-state index contributed by atoms with van der Waals surface area (Å²) in [5.41, 5.74) is 12.0. The molecular weight excluding hydrogens is 496 g/mol. The highest BCUT2D eigenvalue weighted by atomic mass is 32.1. The fraction of sp³-hybridized carbons (Fsp3) is 0.0714. The van der Waals surface area contributed by atoms with Crippen molar-refractivity contribution < 1.29 is 4.79 Å². The molecule has 6 aromatic rings. The molecule has 1 aromatic carbocycles. The lowest BCUT2D eigenvalue weighted by Gasteiger charge is -2.10. The number of thiophene rings is 1. The zero-order chi connectivity index (χ0) is 26.2.